The Morgan fingerprint density at radius 2 is 1.54 bits per heavy atom. The molecule has 0 amide bonds. The molecule has 0 aliphatic carbocycles. The number of aromatic nitrogens is 2. The van der Waals surface area contributed by atoms with Gasteiger partial charge in [-0.05, 0) is 6.07 Å². The summed E-state index contributed by atoms with van der Waals surface area (Å²) < 4.78 is 4.36. The summed E-state index contributed by atoms with van der Waals surface area (Å²) in [6.45, 7) is 2.34. The minimum absolute atomic E-state index is 0.361. The third-order valence-corrected chi connectivity index (χ3v) is 4.35. The van der Waals surface area contributed by atoms with Crippen LogP contribution in [-0.4, -0.2) is 6.21 Å². The third kappa shape index (κ3) is 5.67. The minimum atomic E-state index is 0.361. The van der Waals surface area contributed by atoms with Crippen molar-refractivity contribution in [1.29, 1.82) is 0 Å². The molecule has 0 spiro atoms. The molecule has 0 unspecified atom stereocenters. The predicted molar refractivity (Wildman–Crippen MR) is 102 cm³/mol. The van der Waals surface area contributed by atoms with Crippen LogP contribution in [0.5, 0.6) is 0 Å². The van der Waals surface area contributed by atoms with Crippen LogP contribution in [0.2, 0.25) is 5.02 Å². The van der Waals surface area contributed by atoms with Crippen molar-refractivity contribution in [2.75, 3.05) is 0 Å². The van der Waals surface area contributed by atoms with Crippen LogP contribution in [0, 0.1) is 0 Å². The van der Waals surface area contributed by atoms with Gasteiger partial charge in [0.1, 0.15) is 6.61 Å². The topological polar surface area (TPSA) is 29.3 Å². The third-order valence-electron chi connectivity index (χ3n) is 3.98. The molecule has 0 saturated carbocycles. The highest BCUT2D eigenvalue weighted by Crippen LogP contribution is 2.15. The standard InChI is InChI=1S/C21H22ClN3O/c22-21-8-3-2-7-20(21)18-26-23-17-19-9-15-25(16-10-19)14-6-13-24-11-4-1-5-12-24/h1-5,7-12,15-17H,6,13-14,18H2/q+2/b23-17+. The lowest BCUT2D eigenvalue weighted by Gasteiger charge is -2.01. The number of benzene rings is 1. The molecular formula is C21H22ClN3O+2. The molecule has 1 aromatic carbocycles. The number of nitrogens with zero attached hydrogens (tertiary/aromatic N) is 3. The average Bonchev–Trinajstić information content (AvgIpc) is 2.68. The fraction of sp³-hybridized carbons (Fsp3) is 0.190. The van der Waals surface area contributed by atoms with Crippen molar-refractivity contribution < 1.29 is 14.0 Å². The van der Waals surface area contributed by atoms with E-state index in [0.717, 1.165) is 30.6 Å². The molecule has 0 atom stereocenters. The Balaban J connectivity index is 1.43. The number of aryl methyl sites for hydroxylation is 2. The van der Waals surface area contributed by atoms with Crippen LogP contribution < -0.4 is 9.13 Å². The van der Waals surface area contributed by atoms with E-state index in [9.17, 15) is 0 Å². The largest absolute Gasteiger partial charge is 0.391 e. The summed E-state index contributed by atoms with van der Waals surface area (Å²) in [5.41, 5.74) is 1.92. The normalized spacial score (nSPS) is 11.0. The maximum Gasteiger partial charge on any atom is 0.169 e. The Hall–Kier alpha value is -2.72. The number of rotatable bonds is 8. The van der Waals surface area contributed by atoms with E-state index >= 15 is 0 Å². The molecule has 3 aromatic rings. The highest BCUT2D eigenvalue weighted by molar-refractivity contribution is 6.31. The fourth-order valence-corrected chi connectivity index (χ4v) is 2.73. The van der Waals surface area contributed by atoms with Crippen LogP contribution >= 0.6 is 11.6 Å². The Labute approximate surface area is 158 Å². The highest BCUT2D eigenvalue weighted by atomic mass is 35.5. The first-order valence-electron chi connectivity index (χ1n) is 8.63. The van der Waals surface area contributed by atoms with Crippen LogP contribution in [0.1, 0.15) is 17.5 Å². The molecular weight excluding hydrogens is 346 g/mol. The molecule has 0 aliphatic heterocycles. The maximum absolute atomic E-state index is 6.08. The maximum atomic E-state index is 6.08. The average molecular weight is 368 g/mol. The number of hydrogen-bond acceptors (Lipinski definition) is 2. The summed E-state index contributed by atoms with van der Waals surface area (Å²) in [6.07, 6.45) is 11.1. The smallest absolute Gasteiger partial charge is 0.169 e. The van der Waals surface area contributed by atoms with Crippen molar-refractivity contribution in [3.8, 4) is 0 Å². The monoisotopic (exact) mass is 367 g/mol. The molecule has 0 bridgehead atoms. The first-order chi connectivity index (χ1) is 12.8. The first-order valence-corrected chi connectivity index (χ1v) is 9.01. The Bertz CT molecular complexity index is 835. The molecule has 132 valence electrons. The van der Waals surface area contributed by atoms with Gasteiger partial charge in [0.05, 0.1) is 12.6 Å². The summed E-state index contributed by atoms with van der Waals surface area (Å²) in [4.78, 5) is 5.32. The van der Waals surface area contributed by atoms with Crippen LogP contribution in [0.15, 0.2) is 84.5 Å². The number of hydrogen-bond donors (Lipinski definition) is 0. The Morgan fingerprint density at radius 1 is 0.846 bits per heavy atom. The lowest BCUT2D eigenvalue weighted by molar-refractivity contribution is -0.726. The van der Waals surface area contributed by atoms with Crippen molar-refractivity contribution in [2.24, 2.45) is 5.16 Å². The zero-order valence-electron chi connectivity index (χ0n) is 14.5. The van der Waals surface area contributed by atoms with E-state index in [1.807, 2.05) is 42.5 Å². The highest BCUT2D eigenvalue weighted by Gasteiger charge is 2.04. The number of halogens is 1. The molecule has 0 N–H and O–H groups in total. The molecule has 26 heavy (non-hydrogen) atoms. The van der Waals surface area contributed by atoms with E-state index in [1.54, 1.807) is 6.21 Å². The summed E-state index contributed by atoms with van der Waals surface area (Å²) in [5, 5.41) is 4.71. The van der Waals surface area contributed by atoms with Gasteiger partial charge in [-0.2, -0.15) is 0 Å². The first kappa shape index (κ1) is 18.1. The van der Waals surface area contributed by atoms with Gasteiger partial charge in [0.15, 0.2) is 37.9 Å². The molecule has 2 heterocycles. The van der Waals surface area contributed by atoms with Gasteiger partial charge in [0, 0.05) is 40.4 Å². The molecule has 0 saturated heterocycles. The second kappa shape index (κ2) is 9.68. The van der Waals surface area contributed by atoms with E-state index in [0.29, 0.717) is 11.6 Å². The summed E-state index contributed by atoms with van der Waals surface area (Å²) in [5.74, 6) is 0. The van der Waals surface area contributed by atoms with Crippen molar-refractivity contribution in [2.45, 2.75) is 26.1 Å². The zero-order chi connectivity index (χ0) is 18.0. The van der Waals surface area contributed by atoms with E-state index in [4.69, 9.17) is 16.4 Å². The van der Waals surface area contributed by atoms with Gasteiger partial charge in [-0.15, -0.1) is 0 Å². The van der Waals surface area contributed by atoms with Crippen molar-refractivity contribution in [3.63, 3.8) is 0 Å². The summed E-state index contributed by atoms with van der Waals surface area (Å²) >= 11 is 6.08. The molecule has 5 heteroatoms. The van der Waals surface area contributed by atoms with E-state index < -0.39 is 0 Å². The molecule has 0 aliphatic rings. The van der Waals surface area contributed by atoms with E-state index in [1.165, 1.54) is 0 Å². The van der Waals surface area contributed by atoms with Gasteiger partial charge in [-0.3, -0.25) is 0 Å². The second-order valence-electron chi connectivity index (χ2n) is 5.94. The molecule has 4 nitrogen and oxygen atoms in total. The van der Waals surface area contributed by atoms with Gasteiger partial charge in [0.25, 0.3) is 0 Å². The van der Waals surface area contributed by atoms with Crippen LogP contribution in [0.3, 0.4) is 0 Å². The number of pyridine rings is 2. The molecule has 0 fully saturated rings. The minimum Gasteiger partial charge on any atom is -0.391 e. The number of oxime groups is 1. The van der Waals surface area contributed by atoms with Gasteiger partial charge < -0.3 is 4.84 Å². The molecule has 3 rings (SSSR count). The fourth-order valence-electron chi connectivity index (χ4n) is 2.54. The van der Waals surface area contributed by atoms with Gasteiger partial charge in [-0.25, -0.2) is 9.13 Å². The van der Waals surface area contributed by atoms with Crippen LogP contribution in [0.4, 0.5) is 0 Å². The second-order valence-corrected chi connectivity index (χ2v) is 6.34. The lowest BCUT2D eigenvalue weighted by atomic mass is 10.2. The zero-order valence-corrected chi connectivity index (χ0v) is 15.3. The van der Waals surface area contributed by atoms with Crippen molar-refractivity contribution in [1.82, 2.24) is 0 Å². The Kier molecular flexibility index (Phi) is 6.73. The Morgan fingerprint density at radius 3 is 2.27 bits per heavy atom. The van der Waals surface area contributed by atoms with Gasteiger partial charge in [-0.1, -0.05) is 41.0 Å². The predicted octanol–water partition coefficient (Wildman–Crippen LogP) is 3.56. The SMILES string of the molecule is Clc1ccccc1CO/N=C/c1cc[n+](CCC[n+]2ccccc2)cc1. The van der Waals surface area contributed by atoms with Crippen LogP contribution in [-0.2, 0) is 24.5 Å². The molecule has 0 radical (unpaired) electrons. The van der Waals surface area contributed by atoms with Crippen LogP contribution in [0.25, 0.3) is 0 Å². The lowest BCUT2D eigenvalue weighted by Crippen LogP contribution is -2.38. The van der Waals surface area contributed by atoms with Crippen molar-refractivity contribution >= 4 is 17.8 Å². The molecule has 2 aromatic heterocycles. The van der Waals surface area contributed by atoms with E-state index in [-0.39, 0.29) is 0 Å². The summed E-state index contributed by atoms with van der Waals surface area (Å²) in [7, 11) is 0. The van der Waals surface area contributed by atoms with Gasteiger partial charge >= 0.3 is 0 Å². The van der Waals surface area contributed by atoms with Crippen molar-refractivity contribution in [3.05, 3.63) is 95.5 Å². The van der Waals surface area contributed by atoms with Gasteiger partial charge in [0.2, 0.25) is 0 Å². The van der Waals surface area contributed by atoms with E-state index in [2.05, 4.69) is 51.2 Å². The quantitative estimate of drug-likeness (QED) is 0.340. The summed E-state index contributed by atoms with van der Waals surface area (Å²) in [6, 6.07) is 17.8.